The van der Waals surface area contributed by atoms with Crippen molar-refractivity contribution in [2.45, 2.75) is 72.6 Å². The van der Waals surface area contributed by atoms with Gasteiger partial charge in [0.25, 0.3) is 5.91 Å². The number of amides is 1. The number of hydrogen-bond donors (Lipinski definition) is 1. The zero-order valence-corrected chi connectivity index (χ0v) is 20.5. The van der Waals surface area contributed by atoms with Crippen molar-refractivity contribution in [3.63, 3.8) is 0 Å². The normalized spacial score (nSPS) is 9.15. The molecule has 0 aliphatic heterocycles. The van der Waals surface area contributed by atoms with Crippen molar-refractivity contribution in [1.82, 2.24) is 5.32 Å². The molecule has 2 aromatic rings. The first kappa shape index (κ1) is 29.6. The lowest BCUT2D eigenvalue weighted by Gasteiger charge is -2.05. The number of ketones is 1. The maximum absolute atomic E-state index is 11.8. The molecule has 0 fully saturated rings. The molecule has 0 saturated carbocycles. The molecule has 0 spiro atoms. The molecule has 1 N–H and O–H groups in total. The highest BCUT2D eigenvalue weighted by atomic mass is 16.1. The van der Waals surface area contributed by atoms with Crippen LogP contribution in [0.4, 0.5) is 0 Å². The van der Waals surface area contributed by atoms with Crippen molar-refractivity contribution in [2.24, 2.45) is 0 Å². The summed E-state index contributed by atoms with van der Waals surface area (Å²) in [6.07, 6.45) is 8.71. The molecule has 33 heavy (non-hydrogen) atoms. The molecule has 2 rings (SSSR count). The van der Waals surface area contributed by atoms with Crippen LogP contribution in [0, 0.1) is 22.7 Å². The number of carbonyl (C=O) groups excluding carboxylic acids is 2. The highest BCUT2D eigenvalue weighted by molar-refractivity contribution is 5.94. The molecular weight excluding hydrogens is 410 g/mol. The maximum Gasteiger partial charge on any atom is 0.251 e. The van der Waals surface area contributed by atoms with Gasteiger partial charge in [-0.3, -0.25) is 9.59 Å². The lowest BCUT2D eigenvalue weighted by atomic mass is 10.1. The third-order valence-electron chi connectivity index (χ3n) is 4.76. The summed E-state index contributed by atoms with van der Waals surface area (Å²) in [5.74, 6) is -0.0324. The number of nitrogens with one attached hydrogen (secondary N) is 1. The second-order valence-corrected chi connectivity index (χ2v) is 7.31. The molecule has 0 atom stereocenters. The van der Waals surface area contributed by atoms with Crippen LogP contribution in [0.25, 0.3) is 0 Å². The van der Waals surface area contributed by atoms with Crippen LogP contribution < -0.4 is 5.32 Å². The Hall–Kier alpha value is -3.44. The fourth-order valence-electron chi connectivity index (χ4n) is 2.86. The number of nitrogens with zero attached hydrogens (tertiary/aromatic N) is 2. The Balaban J connectivity index is 0.000000663. The van der Waals surface area contributed by atoms with E-state index in [0.717, 1.165) is 13.0 Å². The van der Waals surface area contributed by atoms with Gasteiger partial charge in [0, 0.05) is 17.7 Å². The average molecular weight is 448 g/mol. The van der Waals surface area contributed by atoms with Crippen molar-refractivity contribution in [1.29, 1.82) is 10.5 Å². The highest BCUT2D eigenvalue weighted by Gasteiger charge is 2.04. The Morgan fingerprint density at radius 1 is 0.727 bits per heavy atom. The molecule has 0 radical (unpaired) electrons. The van der Waals surface area contributed by atoms with E-state index in [-0.39, 0.29) is 11.7 Å². The zero-order valence-electron chi connectivity index (χ0n) is 20.5. The molecule has 0 bridgehead atoms. The third kappa shape index (κ3) is 13.6. The van der Waals surface area contributed by atoms with Crippen molar-refractivity contribution < 1.29 is 9.59 Å². The largest absolute Gasteiger partial charge is 0.352 e. The minimum absolute atomic E-state index is 0.0227. The van der Waals surface area contributed by atoms with Crippen LogP contribution in [0.1, 0.15) is 104 Å². The molecule has 0 saturated heterocycles. The van der Waals surface area contributed by atoms with Crippen LogP contribution in [-0.2, 0) is 0 Å². The molecule has 5 nitrogen and oxygen atoms in total. The summed E-state index contributed by atoms with van der Waals surface area (Å²) in [6.45, 7) is 8.45. The monoisotopic (exact) mass is 447 g/mol. The zero-order chi connectivity index (χ0) is 24.9. The van der Waals surface area contributed by atoms with E-state index in [1.54, 1.807) is 48.5 Å². The third-order valence-corrected chi connectivity index (χ3v) is 4.76. The summed E-state index contributed by atoms with van der Waals surface area (Å²) in [7, 11) is 0. The Labute approximate surface area is 199 Å². The second kappa shape index (κ2) is 19.3. The van der Waals surface area contributed by atoms with Gasteiger partial charge in [-0.1, -0.05) is 71.4 Å². The first-order valence-electron chi connectivity index (χ1n) is 11.8. The van der Waals surface area contributed by atoms with Crippen LogP contribution in [0.2, 0.25) is 0 Å². The van der Waals surface area contributed by atoms with Gasteiger partial charge in [-0.2, -0.15) is 10.5 Å². The van der Waals surface area contributed by atoms with Gasteiger partial charge in [0.05, 0.1) is 23.3 Å². The molecule has 0 aliphatic rings. The minimum atomic E-state index is -0.0551. The Bertz CT molecular complexity index is 889. The molecule has 0 unspecified atom stereocenters. The van der Waals surface area contributed by atoms with Gasteiger partial charge in [0.1, 0.15) is 0 Å². The molecule has 0 heterocycles. The second-order valence-electron chi connectivity index (χ2n) is 7.31. The molecular formula is C28H37N3O2. The maximum atomic E-state index is 11.8. The van der Waals surface area contributed by atoms with Gasteiger partial charge in [-0.05, 0) is 49.7 Å². The Morgan fingerprint density at radius 2 is 1.15 bits per heavy atom. The molecule has 2 aromatic carbocycles. The average Bonchev–Trinajstić information content (AvgIpc) is 2.87. The van der Waals surface area contributed by atoms with Gasteiger partial charge in [0.2, 0.25) is 0 Å². The number of unbranched alkanes of at least 4 members (excludes halogenated alkanes) is 6. The summed E-state index contributed by atoms with van der Waals surface area (Å²) < 4.78 is 0. The molecule has 176 valence electrons. The molecule has 5 heteroatoms. The van der Waals surface area contributed by atoms with E-state index < -0.39 is 0 Å². The summed E-state index contributed by atoms with van der Waals surface area (Å²) in [5, 5.41) is 20.0. The summed E-state index contributed by atoms with van der Waals surface area (Å²) >= 11 is 0. The standard InChI is InChI=1S/C17H24N2O.C9H7NO.C2H6/c1-2-3-4-5-6-7-8-13-19-17(20)16-11-9-15(14-18)10-12-16;1-7(11)9-4-2-8(6-10)3-5-9;1-2/h9-12H,2-8,13H2,1H3,(H,19,20);2-5H,1H3;1-2H3. The van der Waals surface area contributed by atoms with E-state index in [0.29, 0.717) is 22.3 Å². The van der Waals surface area contributed by atoms with Crippen LogP contribution >= 0.6 is 0 Å². The van der Waals surface area contributed by atoms with E-state index >= 15 is 0 Å². The van der Waals surface area contributed by atoms with Crippen LogP contribution in [0.15, 0.2) is 48.5 Å². The number of rotatable bonds is 10. The minimum Gasteiger partial charge on any atom is -0.352 e. The predicted molar refractivity (Wildman–Crippen MR) is 134 cm³/mol. The van der Waals surface area contributed by atoms with Gasteiger partial charge in [-0.15, -0.1) is 0 Å². The Kier molecular flexibility index (Phi) is 17.3. The van der Waals surface area contributed by atoms with E-state index in [1.165, 1.54) is 45.4 Å². The van der Waals surface area contributed by atoms with Gasteiger partial charge in [0.15, 0.2) is 5.78 Å². The number of hydrogen-bond acceptors (Lipinski definition) is 4. The quantitative estimate of drug-likeness (QED) is 0.319. The van der Waals surface area contributed by atoms with E-state index in [4.69, 9.17) is 10.5 Å². The molecule has 0 aliphatic carbocycles. The number of nitriles is 2. The summed E-state index contributed by atoms with van der Waals surface area (Å²) in [4.78, 5) is 22.6. The fraction of sp³-hybridized carbons (Fsp3) is 0.429. The van der Waals surface area contributed by atoms with Crippen molar-refractivity contribution in [3.8, 4) is 12.1 Å². The van der Waals surface area contributed by atoms with Crippen molar-refractivity contribution in [2.75, 3.05) is 6.54 Å². The first-order valence-corrected chi connectivity index (χ1v) is 11.8. The SMILES string of the molecule is CC.CC(=O)c1ccc(C#N)cc1.CCCCCCCCCNC(=O)c1ccc(C#N)cc1. The van der Waals surface area contributed by atoms with Gasteiger partial charge >= 0.3 is 0 Å². The van der Waals surface area contributed by atoms with Crippen LogP contribution in [0.5, 0.6) is 0 Å². The number of carbonyl (C=O) groups is 2. The highest BCUT2D eigenvalue weighted by Crippen LogP contribution is 2.07. The van der Waals surface area contributed by atoms with Crippen molar-refractivity contribution >= 4 is 11.7 Å². The molecule has 0 aromatic heterocycles. The summed E-state index contributed by atoms with van der Waals surface area (Å²) in [6, 6.07) is 17.3. The lowest BCUT2D eigenvalue weighted by molar-refractivity contribution is 0.0952. The van der Waals surface area contributed by atoms with E-state index in [9.17, 15) is 9.59 Å². The topological polar surface area (TPSA) is 93.8 Å². The van der Waals surface area contributed by atoms with E-state index in [2.05, 4.69) is 12.2 Å². The van der Waals surface area contributed by atoms with E-state index in [1.807, 2.05) is 26.0 Å². The first-order chi connectivity index (χ1) is 16.0. The van der Waals surface area contributed by atoms with Crippen molar-refractivity contribution in [3.05, 3.63) is 70.8 Å². The number of benzene rings is 2. The number of Topliss-reactive ketones (excluding diaryl/α,β-unsaturated/α-hetero) is 1. The summed E-state index contributed by atoms with van der Waals surface area (Å²) in [5.41, 5.74) is 2.42. The molecule has 1 amide bonds. The van der Waals surface area contributed by atoms with Crippen LogP contribution in [0.3, 0.4) is 0 Å². The van der Waals surface area contributed by atoms with Gasteiger partial charge < -0.3 is 5.32 Å². The van der Waals surface area contributed by atoms with Gasteiger partial charge in [-0.25, -0.2) is 0 Å². The Morgan fingerprint density at radius 3 is 1.58 bits per heavy atom. The fourth-order valence-corrected chi connectivity index (χ4v) is 2.86. The smallest absolute Gasteiger partial charge is 0.251 e. The van der Waals surface area contributed by atoms with Crippen LogP contribution in [-0.4, -0.2) is 18.2 Å². The lowest BCUT2D eigenvalue weighted by Crippen LogP contribution is -2.24. The predicted octanol–water partition coefficient (Wildman–Crippen LogP) is 6.83.